The fourth-order valence-electron chi connectivity index (χ4n) is 2.23. The molecule has 3 rings (SSSR count). The molecule has 23 heavy (non-hydrogen) atoms. The SMILES string of the molecule is CNC(=O)c1ccc(F)c(-c2nc(-c3cnccc3C)cs2)c1. The average Bonchev–Trinajstić information content (AvgIpc) is 3.04. The van der Waals surface area contributed by atoms with Gasteiger partial charge in [-0.15, -0.1) is 11.3 Å². The summed E-state index contributed by atoms with van der Waals surface area (Å²) in [5, 5.41) is 4.93. The van der Waals surface area contributed by atoms with Gasteiger partial charge in [0.05, 0.1) is 5.69 Å². The van der Waals surface area contributed by atoms with Crippen molar-refractivity contribution in [2.45, 2.75) is 6.92 Å². The molecule has 4 nitrogen and oxygen atoms in total. The van der Waals surface area contributed by atoms with E-state index in [2.05, 4.69) is 15.3 Å². The van der Waals surface area contributed by atoms with E-state index in [1.165, 1.54) is 36.6 Å². The van der Waals surface area contributed by atoms with E-state index in [1.54, 1.807) is 12.4 Å². The Morgan fingerprint density at radius 2 is 2.09 bits per heavy atom. The minimum absolute atomic E-state index is 0.258. The van der Waals surface area contributed by atoms with Crippen molar-refractivity contribution in [2.75, 3.05) is 7.05 Å². The minimum atomic E-state index is -0.401. The summed E-state index contributed by atoms with van der Waals surface area (Å²) in [6.45, 7) is 1.98. The molecular formula is C17H14FN3OS. The molecule has 0 aliphatic carbocycles. The topological polar surface area (TPSA) is 54.9 Å². The van der Waals surface area contributed by atoms with Gasteiger partial charge in [-0.3, -0.25) is 9.78 Å². The van der Waals surface area contributed by atoms with E-state index in [0.29, 0.717) is 16.1 Å². The Balaban J connectivity index is 2.04. The van der Waals surface area contributed by atoms with Crippen LogP contribution in [-0.4, -0.2) is 22.9 Å². The molecule has 1 amide bonds. The van der Waals surface area contributed by atoms with Crippen molar-refractivity contribution in [1.82, 2.24) is 15.3 Å². The molecule has 3 aromatic rings. The van der Waals surface area contributed by atoms with Crippen LogP contribution in [0.2, 0.25) is 0 Å². The van der Waals surface area contributed by atoms with Crippen molar-refractivity contribution in [2.24, 2.45) is 0 Å². The predicted octanol–water partition coefficient (Wildman–Crippen LogP) is 3.68. The molecule has 116 valence electrons. The van der Waals surface area contributed by atoms with E-state index in [1.807, 2.05) is 18.4 Å². The zero-order valence-corrected chi connectivity index (χ0v) is 13.4. The Hall–Kier alpha value is -2.60. The number of amides is 1. The second-order valence-electron chi connectivity index (χ2n) is 5.00. The summed E-state index contributed by atoms with van der Waals surface area (Å²) >= 11 is 1.34. The zero-order valence-electron chi connectivity index (χ0n) is 12.6. The standard InChI is InChI=1S/C17H14FN3OS/c1-10-5-6-20-8-13(10)15-9-23-17(21-15)12-7-11(16(22)19-2)3-4-14(12)18/h3-9H,1-2H3,(H,19,22). The van der Waals surface area contributed by atoms with Crippen LogP contribution in [0.15, 0.2) is 42.0 Å². The third-order valence-electron chi connectivity index (χ3n) is 3.51. The number of carbonyl (C=O) groups excluding carboxylic acids is 1. The smallest absolute Gasteiger partial charge is 0.251 e. The quantitative estimate of drug-likeness (QED) is 0.798. The molecule has 0 fully saturated rings. The highest BCUT2D eigenvalue weighted by Gasteiger charge is 2.14. The summed E-state index contributed by atoms with van der Waals surface area (Å²) in [4.78, 5) is 20.3. The lowest BCUT2D eigenvalue weighted by atomic mass is 10.1. The first-order valence-corrected chi connectivity index (χ1v) is 7.86. The third kappa shape index (κ3) is 2.98. The van der Waals surface area contributed by atoms with E-state index in [-0.39, 0.29) is 5.91 Å². The van der Waals surface area contributed by atoms with Crippen molar-refractivity contribution < 1.29 is 9.18 Å². The van der Waals surface area contributed by atoms with E-state index < -0.39 is 5.82 Å². The van der Waals surface area contributed by atoms with Gasteiger partial charge in [0, 0.05) is 41.5 Å². The van der Waals surface area contributed by atoms with Gasteiger partial charge in [0.2, 0.25) is 0 Å². The van der Waals surface area contributed by atoms with Gasteiger partial charge in [-0.05, 0) is 36.8 Å². The molecule has 0 bridgehead atoms. The van der Waals surface area contributed by atoms with Gasteiger partial charge >= 0.3 is 0 Å². The van der Waals surface area contributed by atoms with Crippen LogP contribution in [0.1, 0.15) is 15.9 Å². The van der Waals surface area contributed by atoms with Crippen molar-refractivity contribution in [3.63, 3.8) is 0 Å². The largest absolute Gasteiger partial charge is 0.355 e. The number of hydrogen-bond acceptors (Lipinski definition) is 4. The average molecular weight is 327 g/mol. The molecule has 0 radical (unpaired) electrons. The molecule has 0 saturated heterocycles. The van der Waals surface area contributed by atoms with Crippen LogP contribution in [0.4, 0.5) is 4.39 Å². The number of nitrogens with zero attached hydrogens (tertiary/aromatic N) is 2. The van der Waals surface area contributed by atoms with Crippen LogP contribution in [0, 0.1) is 12.7 Å². The summed E-state index contributed by atoms with van der Waals surface area (Å²) < 4.78 is 14.1. The van der Waals surface area contributed by atoms with Gasteiger partial charge < -0.3 is 5.32 Å². The molecule has 0 unspecified atom stereocenters. The minimum Gasteiger partial charge on any atom is -0.355 e. The summed E-state index contributed by atoms with van der Waals surface area (Å²) in [6, 6.07) is 6.17. The molecule has 0 aliphatic heterocycles. The number of thiazole rings is 1. The molecule has 1 N–H and O–H groups in total. The van der Waals surface area contributed by atoms with E-state index >= 15 is 0 Å². The molecule has 6 heteroatoms. The zero-order chi connectivity index (χ0) is 16.4. The molecular weight excluding hydrogens is 313 g/mol. The van der Waals surface area contributed by atoms with Crippen LogP contribution >= 0.6 is 11.3 Å². The number of halogens is 1. The number of aromatic nitrogens is 2. The molecule has 1 aromatic carbocycles. The first-order valence-electron chi connectivity index (χ1n) is 6.98. The summed E-state index contributed by atoms with van der Waals surface area (Å²) in [6.07, 6.45) is 3.46. The Kier molecular flexibility index (Phi) is 4.16. The van der Waals surface area contributed by atoms with Gasteiger partial charge in [0.15, 0.2) is 0 Å². The highest BCUT2D eigenvalue weighted by molar-refractivity contribution is 7.13. The Labute approximate surface area is 137 Å². The van der Waals surface area contributed by atoms with E-state index in [4.69, 9.17) is 0 Å². The lowest BCUT2D eigenvalue weighted by Crippen LogP contribution is -2.17. The van der Waals surface area contributed by atoms with Crippen LogP contribution in [-0.2, 0) is 0 Å². The molecule has 0 spiro atoms. The fraction of sp³-hybridized carbons (Fsp3) is 0.118. The summed E-state index contributed by atoms with van der Waals surface area (Å²) in [7, 11) is 1.54. The Morgan fingerprint density at radius 1 is 1.26 bits per heavy atom. The number of carbonyl (C=O) groups is 1. The van der Waals surface area contributed by atoms with Gasteiger partial charge in [-0.25, -0.2) is 9.37 Å². The first-order chi connectivity index (χ1) is 11.1. The van der Waals surface area contributed by atoms with Crippen LogP contribution in [0.5, 0.6) is 0 Å². The second-order valence-corrected chi connectivity index (χ2v) is 5.86. The van der Waals surface area contributed by atoms with Crippen molar-refractivity contribution in [1.29, 1.82) is 0 Å². The summed E-state index contributed by atoms with van der Waals surface area (Å²) in [5.41, 5.74) is 3.44. The highest BCUT2D eigenvalue weighted by atomic mass is 32.1. The Bertz CT molecular complexity index is 876. The van der Waals surface area contributed by atoms with Crippen LogP contribution < -0.4 is 5.32 Å². The van der Waals surface area contributed by atoms with Gasteiger partial charge in [-0.2, -0.15) is 0 Å². The van der Waals surface area contributed by atoms with E-state index in [0.717, 1.165) is 16.8 Å². The van der Waals surface area contributed by atoms with Crippen molar-refractivity contribution in [3.8, 4) is 21.8 Å². The van der Waals surface area contributed by atoms with Crippen molar-refractivity contribution in [3.05, 3.63) is 59.0 Å². The lowest BCUT2D eigenvalue weighted by Gasteiger charge is -2.04. The predicted molar refractivity (Wildman–Crippen MR) is 88.9 cm³/mol. The number of hydrogen-bond donors (Lipinski definition) is 1. The number of rotatable bonds is 3. The molecule has 0 saturated carbocycles. The summed E-state index contributed by atoms with van der Waals surface area (Å²) in [5.74, 6) is -0.660. The molecule has 2 aromatic heterocycles. The monoisotopic (exact) mass is 327 g/mol. The first kappa shape index (κ1) is 15.3. The maximum absolute atomic E-state index is 14.1. The molecule has 0 atom stereocenters. The van der Waals surface area contributed by atoms with Gasteiger partial charge in [0.1, 0.15) is 10.8 Å². The van der Waals surface area contributed by atoms with Crippen molar-refractivity contribution >= 4 is 17.2 Å². The number of aryl methyl sites for hydroxylation is 1. The third-order valence-corrected chi connectivity index (χ3v) is 4.38. The number of benzene rings is 1. The number of pyridine rings is 1. The van der Waals surface area contributed by atoms with Gasteiger partial charge in [0.25, 0.3) is 5.91 Å². The lowest BCUT2D eigenvalue weighted by molar-refractivity contribution is 0.0963. The van der Waals surface area contributed by atoms with Crippen LogP contribution in [0.3, 0.4) is 0 Å². The van der Waals surface area contributed by atoms with Gasteiger partial charge in [-0.1, -0.05) is 0 Å². The molecule has 0 aliphatic rings. The second kappa shape index (κ2) is 6.26. The maximum Gasteiger partial charge on any atom is 0.251 e. The maximum atomic E-state index is 14.1. The van der Waals surface area contributed by atoms with E-state index in [9.17, 15) is 9.18 Å². The normalized spacial score (nSPS) is 10.6. The number of nitrogens with one attached hydrogen (secondary N) is 1. The highest BCUT2D eigenvalue weighted by Crippen LogP contribution is 2.31. The fourth-order valence-corrected chi connectivity index (χ4v) is 3.07. The Morgan fingerprint density at radius 3 is 2.83 bits per heavy atom. The molecule has 2 heterocycles. The van der Waals surface area contributed by atoms with Crippen LogP contribution in [0.25, 0.3) is 21.8 Å².